The van der Waals surface area contributed by atoms with E-state index in [9.17, 15) is 4.79 Å². The van der Waals surface area contributed by atoms with E-state index < -0.39 is 0 Å². The zero-order valence-electron chi connectivity index (χ0n) is 10.3. The van der Waals surface area contributed by atoms with Crippen LogP contribution in [0.1, 0.15) is 28.8 Å². The van der Waals surface area contributed by atoms with Gasteiger partial charge in [0.2, 0.25) is 0 Å². The molecule has 1 aromatic carbocycles. The third-order valence-electron chi connectivity index (χ3n) is 3.39. The molecule has 1 saturated heterocycles. The molecule has 92 valence electrons. The van der Waals surface area contributed by atoms with Gasteiger partial charge in [0.05, 0.1) is 0 Å². The van der Waals surface area contributed by atoms with Crippen LogP contribution in [0, 0.1) is 12.8 Å². The molecule has 1 aliphatic heterocycles. The van der Waals surface area contributed by atoms with Crippen LogP contribution in [0.4, 0.5) is 0 Å². The molecule has 0 radical (unpaired) electrons. The van der Waals surface area contributed by atoms with E-state index in [1.54, 1.807) is 0 Å². The second-order valence-corrected chi connectivity index (χ2v) is 4.72. The summed E-state index contributed by atoms with van der Waals surface area (Å²) in [6, 6.07) is 7.71. The van der Waals surface area contributed by atoms with Gasteiger partial charge in [0.15, 0.2) is 0 Å². The van der Waals surface area contributed by atoms with Gasteiger partial charge in [0.1, 0.15) is 0 Å². The van der Waals surface area contributed by atoms with Crippen molar-refractivity contribution in [3.8, 4) is 0 Å². The zero-order chi connectivity index (χ0) is 12.1. The molecule has 2 N–H and O–H groups in total. The van der Waals surface area contributed by atoms with E-state index in [0.29, 0.717) is 0 Å². The maximum Gasteiger partial charge on any atom is 0.251 e. The molecule has 1 aliphatic rings. The summed E-state index contributed by atoms with van der Waals surface area (Å²) in [4.78, 5) is 11.9. The van der Waals surface area contributed by atoms with Crippen LogP contribution >= 0.6 is 0 Å². The minimum atomic E-state index is 0.0501. The molecule has 3 heteroatoms. The van der Waals surface area contributed by atoms with Crippen molar-refractivity contribution in [3.63, 3.8) is 0 Å². The average molecular weight is 232 g/mol. The maximum atomic E-state index is 11.9. The summed E-state index contributed by atoms with van der Waals surface area (Å²) >= 11 is 0. The molecule has 0 aromatic heterocycles. The quantitative estimate of drug-likeness (QED) is 0.830. The largest absolute Gasteiger partial charge is 0.352 e. The van der Waals surface area contributed by atoms with E-state index in [1.165, 1.54) is 6.42 Å². The minimum Gasteiger partial charge on any atom is -0.352 e. The van der Waals surface area contributed by atoms with E-state index in [-0.39, 0.29) is 5.91 Å². The third kappa shape index (κ3) is 3.30. The summed E-state index contributed by atoms with van der Waals surface area (Å²) in [5.41, 5.74) is 1.82. The molecule has 0 bridgehead atoms. The fraction of sp³-hybridized carbons (Fsp3) is 0.500. The van der Waals surface area contributed by atoms with E-state index in [4.69, 9.17) is 0 Å². The van der Waals surface area contributed by atoms with Crippen molar-refractivity contribution in [3.05, 3.63) is 35.4 Å². The molecule has 0 saturated carbocycles. The van der Waals surface area contributed by atoms with Crippen molar-refractivity contribution in [1.29, 1.82) is 0 Å². The monoisotopic (exact) mass is 232 g/mol. The van der Waals surface area contributed by atoms with Gasteiger partial charge in [-0.25, -0.2) is 0 Å². The minimum absolute atomic E-state index is 0.0501. The van der Waals surface area contributed by atoms with Crippen LogP contribution in [0.2, 0.25) is 0 Å². The van der Waals surface area contributed by atoms with E-state index >= 15 is 0 Å². The lowest BCUT2D eigenvalue weighted by Gasteiger charge is -2.10. The van der Waals surface area contributed by atoms with Crippen LogP contribution in [0.25, 0.3) is 0 Å². The Balaban J connectivity index is 1.79. The fourth-order valence-electron chi connectivity index (χ4n) is 2.27. The summed E-state index contributed by atoms with van der Waals surface area (Å²) in [6.45, 7) is 4.96. The summed E-state index contributed by atoms with van der Waals surface area (Å²) < 4.78 is 0. The van der Waals surface area contributed by atoms with Crippen molar-refractivity contribution < 1.29 is 4.79 Å². The highest BCUT2D eigenvalue weighted by molar-refractivity contribution is 5.95. The molecule has 1 fully saturated rings. The lowest BCUT2D eigenvalue weighted by Crippen LogP contribution is -2.27. The number of benzene rings is 1. The van der Waals surface area contributed by atoms with Crippen molar-refractivity contribution >= 4 is 5.91 Å². The molecular weight excluding hydrogens is 212 g/mol. The highest BCUT2D eigenvalue weighted by Crippen LogP contribution is 2.11. The second-order valence-electron chi connectivity index (χ2n) is 4.72. The Morgan fingerprint density at radius 1 is 1.47 bits per heavy atom. The number of hydrogen-bond donors (Lipinski definition) is 2. The number of rotatable bonds is 4. The van der Waals surface area contributed by atoms with Crippen molar-refractivity contribution in [2.24, 2.45) is 5.92 Å². The molecular formula is C14H20N2O. The van der Waals surface area contributed by atoms with Gasteiger partial charge in [-0.15, -0.1) is 0 Å². The lowest BCUT2D eigenvalue weighted by molar-refractivity contribution is 0.0951. The van der Waals surface area contributed by atoms with E-state index in [0.717, 1.165) is 43.1 Å². The van der Waals surface area contributed by atoms with Gasteiger partial charge in [-0.2, -0.15) is 0 Å². The number of carbonyl (C=O) groups is 1. The standard InChI is InChI=1S/C14H20N2O/c1-11-4-2-3-5-13(11)14(17)16-9-7-12-6-8-15-10-12/h2-5,12,15H,6-10H2,1H3,(H,16,17). The highest BCUT2D eigenvalue weighted by Gasteiger charge is 2.14. The first kappa shape index (κ1) is 12.1. The van der Waals surface area contributed by atoms with Gasteiger partial charge in [-0.1, -0.05) is 18.2 Å². The SMILES string of the molecule is Cc1ccccc1C(=O)NCCC1CCNC1. The van der Waals surface area contributed by atoms with Crippen molar-refractivity contribution in [2.75, 3.05) is 19.6 Å². The first-order valence-corrected chi connectivity index (χ1v) is 6.32. The third-order valence-corrected chi connectivity index (χ3v) is 3.39. The highest BCUT2D eigenvalue weighted by atomic mass is 16.1. The summed E-state index contributed by atoms with van der Waals surface area (Å²) in [6.07, 6.45) is 2.31. The van der Waals surface area contributed by atoms with Gasteiger partial charge in [-0.05, 0) is 50.4 Å². The molecule has 17 heavy (non-hydrogen) atoms. The number of carbonyl (C=O) groups excluding carboxylic acids is 1. The molecule has 0 spiro atoms. The van der Waals surface area contributed by atoms with Gasteiger partial charge >= 0.3 is 0 Å². The molecule has 2 rings (SSSR count). The first-order chi connectivity index (χ1) is 8.27. The number of nitrogens with one attached hydrogen (secondary N) is 2. The summed E-state index contributed by atoms with van der Waals surface area (Å²) in [7, 11) is 0. The Morgan fingerprint density at radius 3 is 3.00 bits per heavy atom. The fourth-order valence-corrected chi connectivity index (χ4v) is 2.27. The smallest absolute Gasteiger partial charge is 0.251 e. The Labute approximate surface area is 103 Å². The van der Waals surface area contributed by atoms with Gasteiger partial charge in [-0.3, -0.25) is 4.79 Å². The van der Waals surface area contributed by atoms with E-state index in [1.807, 2.05) is 31.2 Å². The molecule has 1 heterocycles. The van der Waals surface area contributed by atoms with Crippen LogP contribution in [0.15, 0.2) is 24.3 Å². The Kier molecular flexibility index (Phi) is 4.15. The predicted octanol–water partition coefficient (Wildman–Crippen LogP) is 1.72. The topological polar surface area (TPSA) is 41.1 Å². The molecule has 1 aromatic rings. The Bertz CT molecular complexity index is 384. The second kappa shape index (κ2) is 5.82. The van der Waals surface area contributed by atoms with E-state index in [2.05, 4.69) is 10.6 Å². The van der Waals surface area contributed by atoms with Crippen molar-refractivity contribution in [2.45, 2.75) is 19.8 Å². The molecule has 0 aliphatic carbocycles. The number of amides is 1. The molecule has 3 nitrogen and oxygen atoms in total. The van der Waals surface area contributed by atoms with Crippen LogP contribution in [-0.4, -0.2) is 25.5 Å². The zero-order valence-corrected chi connectivity index (χ0v) is 10.3. The number of hydrogen-bond acceptors (Lipinski definition) is 2. The molecule has 1 atom stereocenters. The maximum absolute atomic E-state index is 11.9. The Morgan fingerprint density at radius 2 is 2.29 bits per heavy atom. The summed E-state index contributed by atoms with van der Waals surface area (Å²) in [5.74, 6) is 0.779. The van der Waals surface area contributed by atoms with Crippen LogP contribution in [-0.2, 0) is 0 Å². The molecule has 1 unspecified atom stereocenters. The van der Waals surface area contributed by atoms with Gasteiger partial charge in [0.25, 0.3) is 5.91 Å². The summed E-state index contributed by atoms with van der Waals surface area (Å²) in [5, 5.41) is 6.34. The van der Waals surface area contributed by atoms with Crippen LogP contribution in [0.5, 0.6) is 0 Å². The Hall–Kier alpha value is -1.35. The lowest BCUT2D eigenvalue weighted by atomic mass is 10.0. The van der Waals surface area contributed by atoms with Crippen LogP contribution < -0.4 is 10.6 Å². The molecule has 1 amide bonds. The number of aryl methyl sites for hydroxylation is 1. The normalized spacial score (nSPS) is 19.2. The van der Waals surface area contributed by atoms with Gasteiger partial charge in [0, 0.05) is 12.1 Å². The van der Waals surface area contributed by atoms with Crippen molar-refractivity contribution in [1.82, 2.24) is 10.6 Å². The first-order valence-electron chi connectivity index (χ1n) is 6.32. The predicted molar refractivity (Wildman–Crippen MR) is 69.1 cm³/mol. The average Bonchev–Trinajstić information content (AvgIpc) is 2.82. The van der Waals surface area contributed by atoms with Crippen LogP contribution in [0.3, 0.4) is 0 Å². The van der Waals surface area contributed by atoms with Gasteiger partial charge < -0.3 is 10.6 Å².